The maximum absolute atomic E-state index is 4.31. The van der Waals surface area contributed by atoms with Crippen LogP contribution in [0, 0.1) is 0 Å². The third-order valence-corrected chi connectivity index (χ3v) is 1.25. The molecule has 0 bridgehead atoms. The first kappa shape index (κ1) is 8.92. The molecule has 0 spiro atoms. The van der Waals surface area contributed by atoms with Crippen LogP contribution < -0.4 is 5.43 Å². The van der Waals surface area contributed by atoms with Gasteiger partial charge in [0.1, 0.15) is 0 Å². The first-order chi connectivity index (χ1) is 4.35. The zero-order valence-electron chi connectivity index (χ0n) is 6.72. The Morgan fingerprint density at radius 2 is 1.67 bits per heavy atom. The van der Waals surface area contributed by atoms with Gasteiger partial charge in [-0.05, 0) is 6.42 Å². The number of hydrogen-bond donors (Lipinski definition) is 0. The molecule has 0 N–H and O–H groups in total. The third kappa shape index (κ3) is 4.43. The second-order valence-corrected chi connectivity index (χ2v) is 2.00. The van der Waals surface area contributed by atoms with Gasteiger partial charge in [0.15, 0.2) is 0 Å². The predicted molar refractivity (Wildman–Crippen MR) is 40.2 cm³/mol. The highest BCUT2D eigenvalue weighted by atomic mass is 15.5. The summed E-state index contributed by atoms with van der Waals surface area (Å²) in [4.78, 5) is 0. The molecule has 9 heavy (non-hydrogen) atoms. The van der Waals surface area contributed by atoms with Crippen molar-refractivity contribution < 1.29 is 0 Å². The Morgan fingerprint density at radius 3 is 2.00 bits per heavy atom. The standard InChI is InChI=1S/C7H17N2/c1-4-7-8-9(5-2)6-3/h4-7H2,1-3H3. The molecule has 0 aromatic carbocycles. The van der Waals surface area contributed by atoms with Gasteiger partial charge in [-0.15, -0.1) is 0 Å². The number of hydrogen-bond acceptors (Lipinski definition) is 1. The summed E-state index contributed by atoms with van der Waals surface area (Å²) in [5, 5.41) is 2.09. The van der Waals surface area contributed by atoms with Crippen molar-refractivity contribution >= 4 is 0 Å². The molecule has 0 saturated heterocycles. The van der Waals surface area contributed by atoms with E-state index >= 15 is 0 Å². The van der Waals surface area contributed by atoms with Crippen LogP contribution in [0.1, 0.15) is 27.2 Å². The first-order valence-corrected chi connectivity index (χ1v) is 3.77. The zero-order valence-corrected chi connectivity index (χ0v) is 6.72. The van der Waals surface area contributed by atoms with Crippen LogP contribution in [0.15, 0.2) is 0 Å². The molecule has 0 saturated carbocycles. The molecule has 55 valence electrons. The van der Waals surface area contributed by atoms with Crippen molar-refractivity contribution in [2.45, 2.75) is 27.2 Å². The molecular weight excluding hydrogens is 112 g/mol. The maximum atomic E-state index is 4.31. The summed E-state index contributed by atoms with van der Waals surface area (Å²) in [5.74, 6) is 0. The van der Waals surface area contributed by atoms with Gasteiger partial charge in [-0.25, -0.2) is 5.01 Å². The topological polar surface area (TPSA) is 17.3 Å². The highest BCUT2D eigenvalue weighted by Gasteiger charge is 1.95. The van der Waals surface area contributed by atoms with Crippen LogP contribution in [-0.2, 0) is 0 Å². The van der Waals surface area contributed by atoms with E-state index in [-0.39, 0.29) is 0 Å². The molecule has 0 unspecified atom stereocenters. The fourth-order valence-corrected chi connectivity index (χ4v) is 0.665. The molecule has 2 heteroatoms. The fraction of sp³-hybridized carbons (Fsp3) is 1.00. The lowest BCUT2D eigenvalue weighted by Crippen LogP contribution is -2.31. The summed E-state index contributed by atoms with van der Waals surface area (Å²) in [6.07, 6.45) is 1.15. The largest absolute Gasteiger partial charge is 0.227 e. The van der Waals surface area contributed by atoms with Gasteiger partial charge in [0.25, 0.3) is 0 Å². The van der Waals surface area contributed by atoms with E-state index in [1.807, 2.05) is 0 Å². The summed E-state index contributed by atoms with van der Waals surface area (Å²) < 4.78 is 0. The number of rotatable bonds is 5. The van der Waals surface area contributed by atoms with Crippen LogP contribution in [0.3, 0.4) is 0 Å². The second kappa shape index (κ2) is 6.05. The van der Waals surface area contributed by atoms with E-state index in [0.29, 0.717) is 0 Å². The monoisotopic (exact) mass is 129 g/mol. The normalized spacial score (nSPS) is 10.7. The molecule has 2 nitrogen and oxygen atoms in total. The van der Waals surface area contributed by atoms with Crippen LogP contribution in [0.25, 0.3) is 0 Å². The molecular formula is C7H17N2. The van der Waals surface area contributed by atoms with E-state index in [0.717, 1.165) is 26.1 Å². The average Bonchev–Trinajstić information content (AvgIpc) is 1.91. The van der Waals surface area contributed by atoms with E-state index < -0.39 is 0 Å². The van der Waals surface area contributed by atoms with Gasteiger partial charge in [-0.3, -0.25) is 0 Å². The summed E-state index contributed by atoms with van der Waals surface area (Å²) >= 11 is 0. The van der Waals surface area contributed by atoms with Crippen molar-refractivity contribution in [1.82, 2.24) is 10.4 Å². The van der Waals surface area contributed by atoms with Crippen molar-refractivity contribution in [2.24, 2.45) is 0 Å². The lowest BCUT2D eigenvalue weighted by atomic mass is 10.5. The summed E-state index contributed by atoms with van der Waals surface area (Å²) in [6, 6.07) is 0. The lowest BCUT2D eigenvalue weighted by Gasteiger charge is -2.15. The van der Waals surface area contributed by atoms with Crippen LogP contribution in [0.2, 0.25) is 0 Å². The van der Waals surface area contributed by atoms with E-state index in [1.165, 1.54) is 0 Å². The van der Waals surface area contributed by atoms with E-state index in [4.69, 9.17) is 0 Å². The summed E-state index contributed by atoms with van der Waals surface area (Å²) in [5.41, 5.74) is 4.31. The summed E-state index contributed by atoms with van der Waals surface area (Å²) in [7, 11) is 0. The minimum absolute atomic E-state index is 0.974. The minimum atomic E-state index is 0.974. The second-order valence-electron chi connectivity index (χ2n) is 2.00. The van der Waals surface area contributed by atoms with Crippen molar-refractivity contribution in [1.29, 1.82) is 0 Å². The molecule has 0 aromatic heterocycles. The van der Waals surface area contributed by atoms with E-state index in [1.54, 1.807) is 0 Å². The highest BCUT2D eigenvalue weighted by Crippen LogP contribution is 1.82. The molecule has 0 fully saturated rings. The molecule has 1 radical (unpaired) electrons. The molecule has 0 heterocycles. The molecule has 0 aliphatic rings. The van der Waals surface area contributed by atoms with Gasteiger partial charge in [0.05, 0.1) is 0 Å². The maximum Gasteiger partial charge on any atom is 0.0304 e. The Morgan fingerprint density at radius 1 is 1.11 bits per heavy atom. The van der Waals surface area contributed by atoms with Gasteiger partial charge in [-0.2, -0.15) is 5.43 Å². The molecule has 0 aliphatic heterocycles. The van der Waals surface area contributed by atoms with Crippen molar-refractivity contribution in [3.05, 3.63) is 0 Å². The smallest absolute Gasteiger partial charge is 0.0304 e. The van der Waals surface area contributed by atoms with E-state index in [9.17, 15) is 0 Å². The average molecular weight is 129 g/mol. The highest BCUT2D eigenvalue weighted by molar-refractivity contribution is 4.42. The SMILES string of the molecule is CCC[N]N(CC)CC. The Bertz CT molecular complexity index is 50.9. The molecule has 0 aliphatic carbocycles. The Kier molecular flexibility index (Phi) is 5.99. The minimum Gasteiger partial charge on any atom is -0.227 e. The van der Waals surface area contributed by atoms with Crippen molar-refractivity contribution in [3.8, 4) is 0 Å². The molecule has 0 aromatic rings. The van der Waals surface area contributed by atoms with Gasteiger partial charge in [0.2, 0.25) is 0 Å². The molecule has 0 rings (SSSR count). The van der Waals surface area contributed by atoms with Gasteiger partial charge in [-0.1, -0.05) is 20.8 Å². The first-order valence-electron chi connectivity index (χ1n) is 3.77. The van der Waals surface area contributed by atoms with Crippen molar-refractivity contribution in [2.75, 3.05) is 19.6 Å². The van der Waals surface area contributed by atoms with E-state index in [2.05, 4.69) is 31.2 Å². The zero-order chi connectivity index (χ0) is 7.11. The van der Waals surface area contributed by atoms with Crippen LogP contribution in [-0.4, -0.2) is 24.6 Å². The molecule has 0 amide bonds. The van der Waals surface area contributed by atoms with Crippen LogP contribution in [0.4, 0.5) is 0 Å². The summed E-state index contributed by atoms with van der Waals surface area (Å²) in [6.45, 7) is 9.45. The Labute approximate surface area is 58.2 Å². The molecule has 0 atom stereocenters. The van der Waals surface area contributed by atoms with Crippen LogP contribution in [0.5, 0.6) is 0 Å². The lowest BCUT2D eigenvalue weighted by molar-refractivity contribution is 0.201. The fourth-order valence-electron chi connectivity index (χ4n) is 0.665. The van der Waals surface area contributed by atoms with Gasteiger partial charge >= 0.3 is 0 Å². The van der Waals surface area contributed by atoms with Crippen LogP contribution >= 0.6 is 0 Å². The number of nitrogens with zero attached hydrogens (tertiary/aromatic N) is 2. The Hall–Kier alpha value is -0.0800. The quantitative estimate of drug-likeness (QED) is 0.511. The van der Waals surface area contributed by atoms with Gasteiger partial charge in [0, 0.05) is 19.6 Å². The van der Waals surface area contributed by atoms with Gasteiger partial charge < -0.3 is 0 Å². The van der Waals surface area contributed by atoms with Crippen molar-refractivity contribution in [3.63, 3.8) is 0 Å². The predicted octanol–water partition coefficient (Wildman–Crippen LogP) is 1.26. The third-order valence-electron chi connectivity index (χ3n) is 1.25. The Balaban J connectivity index is 3.09.